The van der Waals surface area contributed by atoms with E-state index in [-0.39, 0.29) is 25.7 Å². The van der Waals surface area contributed by atoms with Crippen molar-refractivity contribution >= 4 is 11.6 Å². The molecule has 0 bridgehead atoms. The number of carbonyl (C=O) groups is 1. The van der Waals surface area contributed by atoms with Crippen LogP contribution in [0.2, 0.25) is 0 Å². The van der Waals surface area contributed by atoms with Gasteiger partial charge in [-0.2, -0.15) is 0 Å². The number of aromatic hydroxyl groups is 1. The summed E-state index contributed by atoms with van der Waals surface area (Å²) in [6, 6.07) is 12.3. The largest absolute Gasteiger partial charge is 0.504 e. The molecule has 1 aromatic carbocycles. The lowest BCUT2D eigenvalue weighted by Crippen LogP contribution is -2.50. The Kier molecular flexibility index (Phi) is 6.71. The van der Waals surface area contributed by atoms with E-state index in [9.17, 15) is 9.90 Å². The van der Waals surface area contributed by atoms with Gasteiger partial charge in [-0.25, -0.2) is 0 Å². The van der Waals surface area contributed by atoms with E-state index in [1.165, 1.54) is 6.07 Å². The minimum Gasteiger partial charge on any atom is -0.504 e. The third-order valence-electron chi connectivity index (χ3n) is 4.04. The van der Waals surface area contributed by atoms with Crippen LogP contribution in [0.4, 0.5) is 0 Å². The predicted molar refractivity (Wildman–Crippen MR) is 107 cm³/mol. The zero-order valence-corrected chi connectivity index (χ0v) is 15.3. The number of pyridine rings is 1. The zero-order chi connectivity index (χ0) is 19.4. The van der Waals surface area contributed by atoms with Gasteiger partial charge in [-0.3, -0.25) is 9.20 Å². The van der Waals surface area contributed by atoms with Crippen LogP contribution in [0.5, 0.6) is 5.75 Å². The molecule has 0 unspecified atom stereocenters. The fourth-order valence-electron chi connectivity index (χ4n) is 2.55. The minimum absolute atomic E-state index is 0. The highest BCUT2D eigenvalue weighted by Gasteiger charge is 2.28. The quantitative estimate of drug-likeness (QED) is 0.574. The average molecular weight is 385 g/mol. The molecule has 28 heavy (non-hydrogen) atoms. The first-order chi connectivity index (χ1) is 12.9. The van der Waals surface area contributed by atoms with Crippen molar-refractivity contribution in [3.63, 3.8) is 0 Å². The van der Waals surface area contributed by atoms with E-state index in [1.807, 2.05) is 30.3 Å². The molecule has 0 aliphatic heterocycles. The lowest BCUT2D eigenvalue weighted by atomic mass is 10.1. The van der Waals surface area contributed by atoms with Crippen molar-refractivity contribution in [3.8, 4) is 5.75 Å². The number of nitrogens with zero attached hydrogens (tertiary/aromatic N) is 3. The number of aromatic nitrogens is 3. The second-order valence-corrected chi connectivity index (χ2v) is 6.89. The number of nitrogens with one attached hydrogen (secondary N) is 1. The summed E-state index contributed by atoms with van der Waals surface area (Å²) in [7, 11) is 0. The summed E-state index contributed by atoms with van der Waals surface area (Å²) in [4.78, 5) is 12.4. The first kappa shape index (κ1) is 21.3. The van der Waals surface area contributed by atoms with Gasteiger partial charge in [-0.15, -0.1) is 10.2 Å². The maximum absolute atomic E-state index is 12.4. The van der Waals surface area contributed by atoms with Crippen molar-refractivity contribution in [2.45, 2.75) is 39.5 Å². The second-order valence-electron chi connectivity index (χ2n) is 6.89. The Balaban J connectivity index is 0.00000280. The molecule has 0 aliphatic rings. The summed E-state index contributed by atoms with van der Waals surface area (Å²) in [5.41, 5.74) is 6.17. The molecule has 2 heterocycles. The number of amides is 1. The summed E-state index contributed by atoms with van der Waals surface area (Å²) in [6.45, 7) is 3.81. The van der Waals surface area contributed by atoms with Gasteiger partial charge in [0.05, 0.1) is 18.8 Å². The first-order valence-electron chi connectivity index (χ1n) is 8.60. The van der Waals surface area contributed by atoms with Crippen LogP contribution >= 0.6 is 0 Å². The molecule has 0 aliphatic carbocycles. The number of benzene rings is 1. The van der Waals surface area contributed by atoms with Crippen LogP contribution < -0.4 is 11.1 Å². The molecule has 0 spiro atoms. The van der Waals surface area contributed by atoms with Gasteiger partial charge < -0.3 is 20.9 Å². The summed E-state index contributed by atoms with van der Waals surface area (Å²) in [5.74, 6) is 0.116. The Morgan fingerprint density at radius 1 is 1.25 bits per heavy atom. The number of fused-ring (bicyclic) bond motifs is 1. The molecule has 1 atom stereocenters. The van der Waals surface area contributed by atoms with Crippen molar-refractivity contribution in [2.75, 3.05) is 6.61 Å². The Hall–Kier alpha value is -2.97. The maximum Gasteiger partial charge on any atom is 0.240 e. The summed E-state index contributed by atoms with van der Waals surface area (Å²) < 4.78 is 7.42. The van der Waals surface area contributed by atoms with Crippen molar-refractivity contribution in [2.24, 2.45) is 5.73 Å². The summed E-state index contributed by atoms with van der Waals surface area (Å²) >= 11 is 0. The lowest BCUT2D eigenvalue weighted by Gasteiger charge is -2.23. The third-order valence-corrected chi connectivity index (χ3v) is 4.04. The molecule has 0 saturated carbocycles. The molecular formula is C20H27N5O3. The predicted octanol–water partition coefficient (Wildman–Crippen LogP) is 2.18. The Morgan fingerprint density at radius 3 is 2.64 bits per heavy atom. The number of carbonyl (C=O) groups excluding carboxylic acids is 1. The molecule has 2 aromatic heterocycles. The highest BCUT2D eigenvalue weighted by atomic mass is 16.5. The van der Waals surface area contributed by atoms with E-state index in [1.54, 1.807) is 30.5 Å². The van der Waals surface area contributed by atoms with Gasteiger partial charge in [0.1, 0.15) is 6.04 Å². The fraction of sp³-hybridized carbons (Fsp3) is 0.350. The van der Waals surface area contributed by atoms with Gasteiger partial charge >= 0.3 is 0 Å². The van der Waals surface area contributed by atoms with Crippen LogP contribution in [-0.4, -0.2) is 37.8 Å². The van der Waals surface area contributed by atoms with Crippen LogP contribution in [-0.2, 0) is 16.1 Å². The Bertz CT molecular complexity index is 918. The molecule has 4 N–H and O–H groups in total. The molecule has 1 amide bonds. The second kappa shape index (κ2) is 8.81. The fourth-order valence-corrected chi connectivity index (χ4v) is 2.55. The van der Waals surface area contributed by atoms with Crippen LogP contribution in [0.3, 0.4) is 0 Å². The SMILES string of the molecule is C.CC(C)(N)C(=O)N[C@H](COCc1ccccc1)c1nnc2c(O)cccn12. The van der Waals surface area contributed by atoms with Crippen LogP contribution in [0.15, 0.2) is 48.7 Å². The van der Waals surface area contributed by atoms with Crippen LogP contribution in [0, 0.1) is 0 Å². The zero-order valence-electron chi connectivity index (χ0n) is 15.3. The smallest absolute Gasteiger partial charge is 0.240 e. The average Bonchev–Trinajstić information content (AvgIpc) is 3.06. The third kappa shape index (κ3) is 4.85. The van der Waals surface area contributed by atoms with E-state index in [4.69, 9.17) is 10.5 Å². The molecule has 0 radical (unpaired) electrons. The topological polar surface area (TPSA) is 115 Å². The monoisotopic (exact) mass is 385 g/mol. The summed E-state index contributed by atoms with van der Waals surface area (Å²) in [6.07, 6.45) is 1.72. The van der Waals surface area contributed by atoms with Crippen LogP contribution in [0.1, 0.15) is 38.7 Å². The standard InChI is InChI=1S/C19H23N5O3.CH4/c1-19(2,20)18(26)21-14(12-27-11-13-7-4-3-5-8-13)16-22-23-17-15(25)9-6-10-24(16)17;/h3-10,14,25H,11-12,20H2,1-2H3,(H,21,26);1H4/t14-;/m1./s1. The minimum atomic E-state index is -1.06. The van der Waals surface area contributed by atoms with E-state index in [0.717, 1.165) is 5.56 Å². The number of ether oxygens (including phenoxy) is 1. The van der Waals surface area contributed by atoms with Gasteiger partial charge in [-0.1, -0.05) is 37.8 Å². The van der Waals surface area contributed by atoms with E-state index in [2.05, 4.69) is 15.5 Å². The molecule has 3 rings (SSSR count). The number of hydrogen-bond donors (Lipinski definition) is 3. The maximum atomic E-state index is 12.4. The van der Waals surface area contributed by atoms with Gasteiger partial charge in [0.15, 0.2) is 11.6 Å². The van der Waals surface area contributed by atoms with Gasteiger partial charge in [0, 0.05) is 6.20 Å². The summed E-state index contributed by atoms with van der Waals surface area (Å²) in [5, 5.41) is 20.9. The van der Waals surface area contributed by atoms with E-state index in [0.29, 0.717) is 18.1 Å². The first-order valence-corrected chi connectivity index (χ1v) is 8.60. The molecule has 0 fully saturated rings. The molecular weight excluding hydrogens is 358 g/mol. The van der Waals surface area contributed by atoms with Crippen molar-refractivity contribution in [3.05, 3.63) is 60.0 Å². The molecule has 8 nitrogen and oxygen atoms in total. The molecule has 3 aromatic rings. The lowest BCUT2D eigenvalue weighted by molar-refractivity contribution is -0.126. The normalized spacial score (nSPS) is 12.4. The van der Waals surface area contributed by atoms with Crippen molar-refractivity contribution in [1.82, 2.24) is 19.9 Å². The van der Waals surface area contributed by atoms with E-state index >= 15 is 0 Å². The van der Waals surface area contributed by atoms with Gasteiger partial charge in [0.2, 0.25) is 11.6 Å². The van der Waals surface area contributed by atoms with Gasteiger partial charge in [0.25, 0.3) is 0 Å². The highest BCUT2D eigenvalue weighted by Crippen LogP contribution is 2.20. The van der Waals surface area contributed by atoms with Crippen LogP contribution in [0.25, 0.3) is 5.65 Å². The highest BCUT2D eigenvalue weighted by molar-refractivity contribution is 5.85. The number of rotatable bonds is 7. The molecule has 150 valence electrons. The van der Waals surface area contributed by atoms with E-state index < -0.39 is 11.6 Å². The number of nitrogens with two attached hydrogens (primary N) is 1. The Labute approximate surface area is 164 Å². The number of hydrogen-bond acceptors (Lipinski definition) is 6. The van der Waals surface area contributed by atoms with Crippen molar-refractivity contribution in [1.29, 1.82) is 0 Å². The van der Waals surface area contributed by atoms with Crippen molar-refractivity contribution < 1.29 is 14.6 Å². The molecule has 0 saturated heterocycles. The van der Waals surface area contributed by atoms with Gasteiger partial charge in [-0.05, 0) is 31.5 Å². The Morgan fingerprint density at radius 2 is 1.96 bits per heavy atom. The molecule has 8 heteroatoms.